The molecule has 1 atom stereocenters. The fraction of sp³-hybridized carbons (Fsp3) is 0.273. The Morgan fingerprint density at radius 3 is 2.56 bits per heavy atom. The Morgan fingerprint density at radius 2 is 1.81 bits per heavy atom. The lowest BCUT2D eigenvalue weighted by molar-refractivity contribution is 0.482. The van der Waals surface area contributed by atoms with Crippen LogP contribution in [0.1, 0.15) is 37.0 Å². The second kappa shape index (κ2) is 6.62. The van der Waals surface area contributed by atoms with E-state index in [2.05, 4.69) is 29.6 Å². The number of nitrogens with two attached hydrogens (primary N) is 1. The van der Waals surface area contributed by atoms with Gasteiger partial charge >= 0.3 is 0 Å². The topological polar surface area (TPSA) is 51.2 Å². The minimum Gasteiger partial charge on any atom is -0.455 e. The molecule has 0 amide bonds. The Bertz CT molecular complexity index is 985. The average Bonchev–Trinajstić information content (AvgIpc) is 3.40. The van der Waals surface area contributed by atoms with Crippen molar-refractivity contribution in [1.29, 1.82) is 0 Å². The molecule has 1 aromatic heterocycles. The van der Waals surface area contributed by atoms with Crippen LogP contribution in [0.25, 0.3) is 15.9 Å². The van der Waals surface area contributed by atoms with Gasteiger partial charge in [-0.2, -0.15) is 0 Å². The summed E-state index contributed by atoms with van der Waals surface area (Å²) in [5.74, 6) is 0.900. The Labute approximate surface area is 167 Å². The van der Waals surface area contributed by atoms with E-state index in [0.29, 0.717) is 0 Å². The highest BCUT2D eigenvalue weighted by atomic mass is 35.5. The lowest BCUT2D eigenvalue weighted by Gasteiger charge is -2.32. The molecular weight excluding hydrogens is 376 g/mol. The monoisotopic (exact) mass is 396 g/mol. The van der Waals surface area contributed by atoms with E-state index in [9.17, 15) is 0 Å². The van der Waals surface area contributed by atoms with Crippen LogP contribution in [0.3, 0.4) is 0 Å². The van der Waals surface area contributed by atoms with Crippen molar-refractivity contribution in [3.05, 3.63) is 76.6 Å². The second-order valence-electron chi connectivity index (χ2n) is 7.33. The van der Waals surface area contributed by atoms with Crippen LogP contribution in [0.5, 0.6) is 0 Å². The molecule has 0 radical (unpaired) electrons. The van der Waals surface area contributed by atoms with Gasteiger partial charge in [0.2, 0.25) is 0 Å². The standard InChI is InChI=1S/C22H21ClN2OS/c23-16-9-7-15(8-10-16)22(11-3-4-12-22)20-19(27-21(24)25-20)18-13-14-5-1-2-6-17(14)26-18/h1-2,5-10,13,21,25H,3-4,11-12,24H2. The predicted molar refractivity (Wildman–Crippen MR) is 113 cm³/mol. The summed E-state index contributed by atoms with van der Waals surface area (Å²) in [6.45, 7) is 0. The number of benzene rings is 2. The first-order valence-electron chi connectivity index (χ1n) is 9.34. The first-order chi connectivity index (χ1) is 13.2. The third kappa shape index (κ3) is 2.87. The summed E-state index contributed by atoms with van der Waals surface area (Å²) in [5.41, 5.74) is 9.53. The number of rotatable bonds is 3. The number of allylic oxidation sites excluding steroid dienone is 1. The summed E-state index contributed by atoms with van der Waals surface area (Å²) in [6.07, 6.45) is 4.63. The lowest BCUT2D eigenvalue weighted by atomic mass is 9.75. The van der Waals surface area contributed by atoms with Crippen LogP contribution in [0.15, 0.2) is 64.7 Å². The molecule has 1 fully saturated rings. The summed E-state index contributed by atoms with van der Waals surface area (Å²) in [6, 6.07) is 18.6. The quantitative estimate of drug-likeness (QED) is 0.583. The molecule has 0 spiro atoms. The number of para-hydroxylation sites is 1. The molecule has 27 heavy (non-hydrogen) atoms. The fourth-order valence-electron chi connectivity index (χ4n) is 4.48. The van der Waals surface area contributed by atoms with Gasteiger partial charge in [-0.1, -0.05) is 66.5 Å². The molecule has 2 aliphatic rings. The summed E-state index contributed by atoms with van der Waals surface area (Å²) in [4.78, 5) is 1.13. The zero-order valence-electron chi connectivity index (χ0n) is 14.9. The molecule has 0 saturated heterocycles. The Hall–Kier alpha value is -1.88. The van der Waals surface area contributed by atoms with Gasteiger partial charge in [-0.25, -0.2) is 0 Å². The Kier molecular flexibility index (Phi) is 4.23. The molecule has 0 bridgehead atoms. The van der Waals surface area contributed by atoms with Gasteiger partial charge in [0.05, 0.1) is 4.91 Å². The number of furan rings is 1. The highest BCUT2D eigenvalue weighted by Gasteiger charge is 2.44. The van der Waals surface area contributed by atoms with Crippen LogP contribution in [-0.2, 0) is 5.41 Å². The van der Waals surface area contributed by atoms with E-state index >= 15 is 0 Å². The van der Waals surface area contributed by atoms with Crippen molar-refractivity contribution in [2.75, 3.05) is 0 Å². The van der Waals surface area contributed by atoms with Crippen LogP contribution in [0.4, 0.5) is 0 Å². The van der Waals surface area contributed by atoms with Crippen LogP contribution < -0.4 is 11.1 Å². The lowest BCUT2D eigenvalue weighted by Crippen LogP contribution is -2.38. The van der Waals surface area contributed by atoms with Crippen molar-refractivity contribution in [2.24, 2.45) is 5.73 Å². The smallest absolute Gasteiger partial charge is 0.143 e. The third-order valence-electron chi connectivity index (χ3n) is 5.74. The molecule has 1 aliphatic heterocycles. The highest BCUT2D eigenvalue weighted by Crippen LogP contribution is 2.53. The number of halogens is 1. The van der Waals surface area contributed by atoms with E-state index < -0.39 is 0 Å². The fourth-order valence-corrected chi connectivity index (χ4v) is 5.63. The molecule has 3 N–H and O–H groups in total. The van der Waals surface area contributed by atoms with Gasteiger partial charge < -0.3 is 15.5 Å². The summed E-state index contributed by atoms with van der Waals surface area (Å²) in [7, 11) is 0. The first-order valence-corrected chi connectivity index (χ1v) is 10.6. The molecule has 2 aromatic carbocycles. The zero-order valence-corrected chi connectivity index (χ0v) is 16.4. The highest BCUT2D eigenvalue weighted by molar-refractivity contribution is 8.09. The largest absolute Gasteiger partial charge is 0.455 e. The maximum Gasteiger partial charge on any atom is 0.143 e. The maximum atomic E-state index is 6.32. The van der Waals surface area contributed by atoms with Crippen molar-refractivity contribution >= 4 is 39.2 Å². The summed E-state index contributed by atoms with van der Waals surface area (Å²) >= 11 is 7.80. The van der Waals surface area contributed by atoms with Crippen molar-refractivity contribution in [1.82, 2.24) is 5.32 Å². The average molecular weight is 397 g/mol. The van der Waals surface area contributed by atoms with Crippen molar-refractivity contribution in [2.45, 2.75) is 36.6 Å². The molecule has 1 aliphatic carbocycles. The van der Waals surface area contributed by atoms with Crippen LogP contribution in [0, 0.1) is 0 Å². The van der Waals surface area contributed by atoms with E-state index in [1.807, 2.05) is 30.3 Å². The van der Waals surface area contributed by atoms with E-state index in [1.165, 1.54) is 24.1 Å². The van der Waals surface area contributed by atoms with E-state index in [4.69, 9.17) is 21.8 Å². The number of hydrogen-bond acceptors (Lipinski definition) is 4. The third-order valence-corrected chi connectivity index (χ3v) is 7.01. The second-order valence-corrected chi connectivity index (χ2v) is 8.92. The SMILES string of the molecule is NC1NC(C2(c3ccc(Cl)cc3)CCCC2)=C(c2cc3ccccc3o2)S1. The first kappa shape index (κ1) is 17.2. The molecule has 5 rings (SSSR count). The number of hydrogen-bond donors (Lipinski definition) is 2. The molecule has 1 saturated carbocycles. The van der Waals surface area contributed by atoms with Gasteiger partial charge in [0.15, 0.2) is 0 Å². The van der Waals surface area contributed by atoms with E-state index in [-0.39, 0.29) is 10.9 Å². The van der Waals surface area contributed by atoms with Crippen molar-refractivity contribution < 1.29 is 4.42 Å². The number of thioether (sulfide) groups is 1. The van der Waals surface area contributed by atoms with E-state index in [0.717, 1.165) is 39.5 Å². The molecule has 3 aromatic rings. The summed E-state index contributed by atoms with van der Waals surface area (Å²) < 4.78 is 6.19. The van der Waals surface area contributed by atoms with Gasteiger partial charge in [0, 0.05) is 21.5 Å². The van der Waals surface area contributed by atoms with Crippen molar-refractivity contribution in [3.63, 3.8) is 0 Å². The van der Waals surface area contributed by atoms with Gasteiger partial charge in [-0.05, 0) is 42.7 Å². The van der Waals surface area contributed by atoms with Gasteiger partial charge in [0.25, 0.3) is 0 Å². The van der Waals surface area contributed by atoms with E-state index in [1.54, 1.807) is 11.8 Å². The molecular formula is C22H21ClN2OS. The zero-order chi connectivity index (χ0) is 18.4. The van der Waals surface area contributed by atoms with Crippen LogP contribution >= 0.6 is 23.4 Å². The Morgan fingerprint density at radius 1 is 1.07 bits per heavy atom. The Balaban J connectivity index is 1.68. The number of fused-ring (bicyclic) bond motifs is 1. The molecule has 5 heteroatoms. The van der Waals surface area contributed by atoms with Gasteiger partial charge in [-0.15, -0.1) is 0 Å². The van der Waals surface area contributed by atoms with Crippen LogP contribution in [-0.4, -0.2) is 5.50 Å². The molecule has 3 nitrogen and oxygen atoms in total. The molecule has 2 heterocycles. The minimum atomic E-state index is -0.159. The number of nitrogens with one attached hydrogen (secondary N) is 1. The molecule has 1 unspecified atom stereocenters. The molecule has 138 valence electrons. The predicted octanol–water partition coefficient (Wildman–Crippen LogP) is 5.85. The minimum absolute atomic E-state index is 0.0555. The van der Waals surface area contributed by atoms with Crippen LogP contribution in [0.2, 0.25) is 5.02 Å². The van der Waals surface area contributed by atoms with Crippen molar-refractivity contribution in [3.8, 4) is 0 Å². The summed E-state index contributed by atoms with van der Waals surface area (Å²) in [5, 5.41) is 5.46. The van der Waals surface area contributed by atoms with Gasteiger partial charge in [-0.3, -0.25) is 0 Å². The maximum absolute atomic E-state index is 6.32. The normalized spacial score (nSPS) is 21.8. The van der Waals surface area contributed by atoms with Gasteiger partial charge in [0.1, 0.15) is 16.8 Å².